The molecule has 0 N–H and O–H groups in total. The quantitative estimate of drug-likeness (QED) is 0.408. The maximum absolute atomic E-state index is 14.0. The minimum absolute atomic E-state index is 0.151. The Morgan fingerprint density at radius 1 is 1.19 bits per heavy atom. The first kappa shape index (κ1) is 16.8. The second-order valence-electron chi connectivity index (χ2n) is 5.80. The summed E-state index contributed by atoms with van der Waals surface area (Å²) in [6.45, 7) is 2.13. The molecule has 1 aliphatic rings. The predicted molar refractivity (Wildman–Crippen MR) is 78.6 cm³/mol. The molecule has 1 aromatic carbocycles. The number of benzene rings is 1. The Hall–Kier alpha value is -0.580. The van der Waals surface area contributed by atoms with Gasteiger partial charge in [-0.05, 0) is 65.1 Å². The lowest BCUT2D eigenvalue weighted by Crippen LogP contribution is -2.16. The fourth-order valence-electron chi connectivity index (χ4n) is 3.36. The lowest BCUT2D eigenvalue weighted by Gasteiger charge is -2.30. The monoisotopic (exact) mass is 366 g/mol. The van der Waals surface area contributed by atoms with Gasteiger partial charge in [0.1, 0.15) is 11.6 Å². The summed E-state index contributed by atoms with van der Waals surface area (Å²) in [5.41, 5.74) is -0.486. The van der Waals surface area contributed by atoms with Gasteiger partial charge >= 0.3 is 0 Å². The highest BCUT2D eigenvalue weighted by molar-refractivity contribution is 9.10. The van der Waals surface area contributed by atoms with Gasteiger partial charge in [0, 0.05) is 0 Å². The van der Waals surface area contributed by atoms with Gasteiger partial charge in [0.2, 0.25) is 0 Å². The van der Waals surface area contributed by atoms with E-state index in [1.807, 2.05) is 0 Å². The molecule has 0 bridgehead atoms. The molecule has 0 aliphatic heterocycles. The van der Waals surface area contributed by atoms with Crippen LogP contribution in [0.25, 0.3) is 0 Å². The molecule has 118 valence electrons. The maximum atomic E-state index is 14.0. The van der Waals surface area contributed by atoms with Crippen molar-refractivity contribution in [2.24, 2.45) is 5.92 Å². The van der Waals surface area contributed by atoms with Crippen LogP contribution in [-0.2, 0) is 0 Å². The molecule has 0 spiro atoms. The van der Waals surface area contributed by atoms with E-state index in [1.54, 1.807) is 0 Å². The van der Waals surface area contributed by atoms with E-state index < -0.39 is 28.1 Å². The van der Waals surface area contributed by atoms with Gasteiger partial charge in [0.15, 0.2) is 0 Å². The number of hydrogen-bond acceptors (Lipinski definition) is 0. The fourth-order valence-corrected chi connectivity index (χ4v) is 3.69. The van der Waals surface area contributed by atoms with E-state index in [-0.39, 0.29) is 11.5 Å². The zero-order chi connectivity index (χ0) is 15.6. The Labute approximate surface area is 131 Å². The van der Waals surface area contributed by atoms with Crippen LogP contribution in [0.1, 0.15) is 68.9 Å². The largest absolute Gasteiger partial charge is 0.266 e. The first-order valence-electron chi connectivity index (χ1n) is 7.41. The van der Waals surface area contributed by atoms with Crippen molar-refractivity contribution < 1.29 is 17.6 Å². The van der Waals surface area contributed by atoms with Crippen LogP contribution in [0.2, 0.25) is 0 Å². The lowest BCUT2D eigenvalue weighted by molar-refractivity contribution is 0.143. The van der Waals surface area contributed by atoms with Crippen LogP contribution in [0.15, 0.2) is 10.5 Å². The van der Waals surface area contributed by atoms with Crippen molar-refractivity contribution in [3.63, 3.8) is 0 Å². The molecule has 1 fully saturated rings. The van der Waals surface area contributed by atoms with Gasteiger partial charge in [-0.15, -0.1) is 0 Å². The summed E-state index contributed by atoms with van der Waals surface area (Å²) in [6.07, 6.45) is 2.67. The SMILES string of the molecule is CCCC1CCC(c2cc(F)c(Br)c(F)c2C(F)F)CC1. The third-order valence-corrected chi connectivity index (χ3v) is 5.16. The van der Waals surface area contributed by atoms with E-state index in [4.69, 9.17) is 0 Å². The average Bonchev–Trinajstić information content (AvgIpc) is 2.45. The van der Waals surface area contributed by atoms with Crippen molar-refractivity contribution in [1.29, 1.82) is 0 Å². The molecule has 0 radical (unpaired) electrons. The standard InChI is InChI=1S/C16H19BrF4/c1-2-3-9-4-6-10(7-5-9)11-8-12(18)14(17)15(19)13(11)16(20)21/h8-10,16H,2-7H2,1H3. The van der Waals surface area contributed by atoms with Crippen LogP contribution in [0.3, 0.4) is 0 Å². The molecule has 1 aromatic rings. The molecule has 0 aromatic heterocycles. The van der Waals surface area contributed by atoms with Gasteiger partial charge in [0.25, 0.3) is 6.43 Å². The molecule has 1 saturated carbocycles. The number of rotatable bonds is 4. The highest BCUT2D eigenvalue weighted by Crippen LogP contribution is 2.43. The second kappa shape index (κ2) is 7.12. The molecular weight excluding hydrogens is 348 g/mol. The molecule has 21 heavy (non-hydrogen) atoms. The van der Waals surface area contributed by atoms with Gasteiger partial charge in [-0.3, -0.25) is 0 Å². The van der Waals surface area contributed by atoms with Crippen molar-refractivity contribution in [2.45, 2.75) is 57.8 Å². The summed E-state index contributed by atoms with van der Waals surface area (Å²) in [4.78, 5) is 0. The van der Waals surface area contributed by atoms with Crippen molar-refractivity contribution in [1.82, 2.24) is 0 Å². The minimum Gasteiger partial charge on any atom is -0.206 e. The van der Waals surface area contributed by atoms with Crippen molar-refractivity contribution in [3.8, 4) is 0 Å². The molecular formula is C16H19BrF4. The molecule has 0 amide bonds. The summed E-state index contributed by atoms with van der Waals surface area (Å²) in [6, 6.07) is 1.08. The highest BCUT2D eigenvalue weighted by Gasteiger charge is 2.30. The number of halogens is 5. The summed E-state index contributed by atoms with van der Waals surface area (Å²) in [7, 11) is 0. The van der Waals surface area contributed by atoms with Crippen molar-refractivity contribution >= 4 is 15.9 Å². The van der Waals surface area contributed by atoms with E-state index in [0.29, 0.717) is 5.92 Å². The van der Waals surface area contributed by atoms with Crippen LogP contribution in [0.4, 0.5) is 17.6 Å². The topological polar surface area (TPSA) is 0 Å². The smallest absolute Gasteiger partial charge is 0.206 e. The number of hydrogen-bond donors (Lipinski definition) is 0. The predicted octanol–water partition coefficient (Wildman–Crippen LogP) is 6.74. The second-order valence-corrected chi connectivity index (χ2v) is 6.59. The average molecular weight is 367 g/mol. The van der Waals surface area contributed by atoms with Crippen LogP contribution >= 0.6 is 15.9 Å². The Balaban J connectivity index is 2.28. The third kappa shape index (κ3) is 3.61. The Morgan fingerprint density at radius 3 is 2.33 bits per heavy atom. The van der Waals surface area contributed by atoms with Gasteiger partial charge < -0.3 is 0 Å². The summed E-state index contributed by atoms with van der Waals surface area (Å²) < 4.78 is 53.5. The molecule has 2 rings (SSSR count). The van der Waals surface area contributed by atoms with Gasteiger partial charge in [-0.1, -0.05) is 19.8 Å². The summed E-state index contributed by atoms with van der Waals surface area (Å²) in [5, 5.41) is 0. The zero-order valence-electron chi connectivity index (χ0n) is 11.9. The highest BCUT2D eigenvalue weighted by atomic mass is 79.9. The minimum atomic E-state index is -2.93. The first-order valence-corrected chi connectivity index (χ1v) is 8.20. The molecule has 0 atom stereocenters. The molecule has 0 nitrogen and oxygen atoms in total. The Bertz CT molecular complexity index is 494. The normalized spacial score (nSPS) is 22.8. The van der Waals surface area contributed by atoms with Gasteiger partial charge in [-0.2, -0.15) is 0 Å². The van der Waals surface area contributed by atoms with Gasteiger partial charge in [0.05, 0.1) is 10.0 Å². The van der Waals surface area contributed by atoms with Crippen LogP contribution in [0.5, 0.6) is 0 Å². The van der Waals surface area contributed by atoms with Crippen LogP contribution in [-0.4, -0.2) is 0 Å². The first-order chi connectivity index (χ1) is 9.95. The van der Waals surface area contributed by atoms with E-state index in [1.165, 1.54) is 0 Å². The van der Waals surface area contributed by atoms with E-state index in [2.05, 4.69) is 22.9 Å². The summed E-state index contributed by atoms with van der Waals surface area (Å²) >= 11 is 2.70. The fraction of sp³-hybridized carbons (Fsp3) is 0.625. The Morgan fingerprint density at radius 2 is 1.81 bits per heavy atom. The van der Waals surface area contributed by atoms with E-state index >= 15 is 0 Å². The summed E-state index contributed by atoms with van der Waals surface area (Å²) in [5.74, 6) is -1.51. The van der Waals surface area contributed by atoms with Crippen LogP contribution in [0, 0.1) is 17.6 Å². The molecule has 0 heterocycles. The molecule has 0 unspecified atom stereocenters. The maximum Gasteiger partial charge on any atom is 0.266 e. The van der Waals surface area contributed by atoms with Crippen molar-refractivity contribution in [3.05, 3.63) is 33.3 Å². The zero-order valence-corrected chi connectivity index (χ0v) is 13.5. The molecule has 5 heteroatoms. The molecule has 1 aliphatic carbocycles. The van der Waals surface area contributed by atoms with Crippen molar-refractivity contribution in [2.75, 3.05) is 0 Å². The van der Waals surface area contributed by atoms with E-state index in [0.717, 1.165) is 44.6 Å². The number of alkyl halides is 2. The van der Waals surface area contributed by atoms with E-state index in [9.17, 15) is 17.6 Å². The molecule has 0 saturated heterocycles. The lowest BCUT2D eigenvalue weighted by atomic mass is 9.76. The van der Waals surface area contributed by atoms with Crippen LogP contribution < -0.4 is 0 Å². The van der Waals surface area contributed by atoms with Gasteiger partial charge in [-0.25, -0.2) is 17.6 Å². The Kier molecular flexibility index (Phi) is 5.69. The third-order valence-electron chi connectivity index (χ3n) is 4.43.